The van der Waals surface area contributed by atoms with Crippen LogP contribution >= 0.6 is 0 Å². The predicted octanol–water partition coefficient (Wildman–Crippen LogP) is 0.480. The Kier molecular flexibility index (Phi) is 2.87. The van der Waals surface area contributed by atoms with Gasteiger partial charge in [0.25, 0.3) is 0 Å². The van der Waals surface area contributed by atoms with Gasteiger partial charge in [-0.05, 0) is 18.6 Å². The molecule has 0 bridgehead atoms. The van der Waals surface area contributed by atoms with Gasteiger partial charge in [0.05, 0.1) is 0 Å². The lowest BCUT2D eigenvalue weighted by Crippen LogP contribution is -2.03. The molecule has 0 aromatic carbocycles. The van der Waals surface area contributed by atoms with Crippen molar-refractivity contribution in [1.29, 1.82) is 0 Å². The minimum Gasteiger partial charge on any atom is -0.369 e. The second-order valence-electron chi connectivity index (χ2n) is 4.66. The van der Waals surface area contributed by atoms with Gasteiger partial charge in [-0.3, -0.25) is 4.40 Å². The predicted molar refractivity (Wildman–Crippen MR) is 76.3 cm³/mol. The zero-order valence-corrected chi connectivity index (χ0v) is 12.2. The molecule has 0 radical (unpaired) electrons. The largest absolute Gasteiger partial charge is 0.369 e. The molecule has 108 valence electrons. The molecule has 0 atom stereocenters. The first-order valence-corrected chi connectivity index (χ1v) is 7.88. The van der Waals surface area contributed by atoms with Crippen molar-refractivity contribution < 1.29 is 8.42 Å². The molecule has 0 amide bonds. The van der Waals surface area contributed by atoms with Gasteiger partial charge in [0.15, 0.2) is 20.5 Å². The normalized spacial score (nSPS) is 11.9. The third-order valence-electron chi connectivity index (χ3n) is 3.12. The molecule has 3 aromatic heterocycles. The van der Waals surface area contributed by atoms with Crippen molar-refractivity contribution in [2.45, 2.75) is 11.9 Å². The van der Waals surface area contributed by atoms with Crippen LogP contribution < -0.4 is 5.73 Å². The average Bonchev–Trinajstić information content (AvgIpc) is 2.89. The Hall–Kier alpha value is -2.55. The Morgan fingerprint density at radius 3 is 2.57 bits per heavy atom. The molecule has 0 saturated heterocycles. The number of rotatable bonds is 2. The lowest BCUT2D eigenvalue weighted by Gasteiger charge is -2.08. The number of aromatic nitrogens is 5. The first-order valence-electron chi connectivity index (χ1n) is 5.99. The molecule has 9 heteroatoms. The van der Waals surface area contributed by atoms with Gasteiger partial charge in [-0.25, -0.2) is 18.4 Å². The van der Waals surface area contributed by atoms with Crippen LogP contribution in [-0.2, 0) is 9.84 Å². The average molecular weight is 304 g/mol. The number of hydrogen-bond acceptors (Lipinski definition) is 7. The highest BCUT2D eigenvalue weighted by atomic mass is 32.2. The molecule has 3 rings (SSSR count). The van der Waals surface area contributed by atoms with Gasteiger partial charge in [0.2, 0.25) is 5.95 Å². The van der Waals surface area contributed by atoms with E-state index in [1.807, 2.05) is 0 Å². The molecule has 0 aliphatic carbocycles. The minimum absolute atomic E-state index is 0.0321. The van der Waals surface area contributed by atoms with Crippen molar-refractivity contribution in [1.82, 2.24) is 24.6 Å². The fourth-order valence-electron chi connectivity index (χ4n) is 2.04. The molecular formula is C12H12N6O2S. The molecule has 8 nitrogen and oxygen atoms in total. The zero-order chi connectivity index (χ0) is 15.2. The van der Waals surface area contributed by atoms with E-state index in [1.54, 1.807) is 17.5 Å². The molecule has 3 aromatic rings. The molecule has 21 heavy (non-hydrogen) atoms. The van der Waals surface area contributed by atoms with E-state index in [4.69, 9.17) is 5.73 Å². The summed E-state index contributed by atoms with van der Waals surface area (Å²) in [6.45, 7) is 1.80. The van der Waals surface area contributed by atoms with Gasteiger partial charge in [0.1, 0.15) is 6.33 Å². The molecule has 0 spiro atoms. The van der Waals surface area contributed by atoms with Gasteiger partial charge in [0, 0.05) is 29.8 Å². The lowest BCUT2D eigenvalue weighted by molar-refractivity contribution is 0.598. The van der Waals surface area contributed by atoms with Crippen molar-refractivity contribution in [2.75, 3.05) is 12.0 Å². The fraction of sp³-hybridized carbons (Fsp3) is 0.167. The molecule has 0 aliphatic rings. The van der Waals surface area contributed by atoms with Gasteiger partial charge in [-0.2, -0.15) is 0 Å². The number of nitrogens with two attached hydrogens (primary N) is 1. The molecule has 2 N–H and O–H groups in total. The summed E-state index contributed by atoms with van der Waals surface area (Å²) in [4.78, 5) is 8.08. The summed E-state index contributed by atoms with van der Waals surface area (Å²) in [6, 6.07) is 1.52. The SMILES string of the molecule is Cc1cc(S(C)(=O)=O)ncc1-c1cnc(N)n2cnnc12. The van der Waals surface area contributed by atoms with Crippen molar-refractivity contribution in [3.8, 4) is 11.1 Å². The minimum atomic E-state index is -3.34. The molecular weight excluding hydrogens is 292 g/mol. The van der Waals surface area contributed by atoms with Crippen LogP contribution in [0.25, 0.3) is 16.8 Å². The monoisotopic (exact) mass is 304 g/mol. The number of nitrogens with zero attached hydrogens (tertiary/aromatic N) is 5. The Morgan fingerprint density at radius 1 is 1.19 bits per heavy atom. The summed E-state index contributed by atoms with van der Waals surface area (Å²) in [7, 11) is -3.34. The number of fused-ring (bicyclic) bond motifs is 1. The summed E-state index contributed by atoms with van der Waals surface area (Å²) in [5.74, 6) is 0.275. The van der Waals surface area contributed by atoms with Crippen LogP contribution in [-0.4, -0.2) is 39.2 Å². The van der Waals surface area contributed by atoms with Crippen LogP contribution in [0.1, 0.15) is 5.56 Å². The highest BCUT2D eigenvalue weighted by molar-refractivity contribution is 7.90. The summed E-state index contributed by atoms with van der Waals surface area (Å²) in [5.41, 5.74) is 8.45. The number of anilines is 1. The maximum Gasteiger partial charge on any atom is 0.207 e. The standard InChI is InChI=1S/C12H12N6O2S/c1-7-3-10(21(2,19)20)14-4-8(7)9-5-15-12(13)18-6-16-17-11(9)18/h3-6H,1-2H3,(H2,13,15). The van der Waals surface area contributed by atoms with E-state index in [2.05, 4.69) is 20.2 Å². The van der Waals surface area contributed by atoms with E-state index < -0.39 is 9.84 Å². The highest BCUT2D eigenvalue weighted by Gasteiger charge is 2.15. The van der Waals surface area contributed by atoms with Crippen molar-refractivity contribution in [3.63, 3.8) is 0 Å². The Balaban J connectivity index is 2.25. The van der Waals surface area contributed by atoms with E-state index >= 15 is 0 Å². The third-order valence-corrected chi connectivity index (χ3v) is 4.10. The molecule has 3 heterocycles. The van der Waals surface area contributed by atoms with E-state index in [0.717, 1.165) is 17.4 Å². The van der Waals surface area contributed by atoms with Crippen LogP contribution in [0.15, 0.2) is 29.8 Å². The number of pyridine rings is 1. The summed E-state index contributed by atoms with van der Waals surface area (Å²) in [6.07, 6.45) is 5.65. The lowest BCUT2D eigenvalue weighted by atomic mass is 10.1. The van der Waals surface area contributed by atoms with Gasteiger partial charge < -0.3 is 5.73 Å². The number of hydrogen-bond donors (Lipinski definition) is 1. The van der Waals surface area contributed by atoms with Gasteiger partial charge in [-0.1, -0.05) is 0 Å². The first kappa shape index (κ1) is 13.4. The number of aryl methyl sites for hydroxylation is 1. The first-order chi connectivity index (χ1) is 9.88. The summed E-state index contributed by atoms with van der Waals surface area (Å²) in [5, 5.41) is 7.86. The topological polar surface area (TPSA) is 116 Å². The number of nitrogen functional groups attached to an aromatic ring is 1. The van der Waals surface area contributed by atoms with Crippen molar-refractivity contribution in [2.24, 2.45) is 0 Å². The summed E-state index contributed by atoms with van der Waals surface area (Å²) < 4.78 is 24.6. The van der Waals surface area contributed by atoms with Crippen LogP contribution in [0.5, 0.6) is 0 Å². The highest BCUT2D eigenvalue weighted by Crippen LogP contribution is 2.27. The molecule has 0 unspecified atom stereocenters. The van der Waals surface area contributed by atoms with Crippen molar-refractivity contribution in [3.05, 3.63) is 30.4 Å². The quantitative estimate of drug-likeness (QED) is 0.731. The van der Waals surface area contributed by atoms with Crippen LogP contribution in [0.4, 0.5) is 5.95 Å². The van der Waals surface area contributed by atoms with E-state index in [1.165, 1.54) is 18.6 Å². The Labute approximate surface area is 120 Å². The fourth-order valence-corrected chi connectivity index (χ4v) is 2.68. The second-order valence-corrected chi connectivity index (χ2v) is 6.63. The van der Waals surface area contributed by atoms with Gasteiger partial charge in [-0.15, -0.1) is 10.2 Å². The van der Waals surface area contributed by atoms with E-state index in [0.29, 0.717) is 11.2 Å². The van der Waals surface area contributed by atoms with Crippen LogP contribution in [0.2, 0.25) is 0 Å². The number of sulfone groups is 1. The molecule has 0 fully saturated rings. The van der Waals surface area contributed by atoms with E-state index in [9.17, 15) is 8.42 Å². The maximum atomic E-state index is 11.5. The zero-order valence-electron chi connectivity index (χ0n) is 11.3. The summed E-state index contributed by atoms with van der Waals surface area (Å²) >= 11 is 0. The Morgan fingerprint density at radius 2 is 1.90 bits per heavy atom. The van der Waals surface area contributed by atoms with Crippen molar-refractivity contribution >= 4 is 21.4 Å². The smallest absolute Gasteiger partial charge is 0.207 e. The maximum absolute atomic E-state index is 11.5. The molecule has 0 aliphatic heterocycles. The van der Waals surface area contributed by atoms with Crippen LogP contribution in [0.3, 0.4) is 0 Å². The van der Waals surface area contributed by atoms with Crippen LogP contribution in [0, 0.1) is 6.92 Å². The van der Waals surface area contributed by atoms with Gasteiger partial charge >= 0.3 is 0 Å². The third kappa shape index (κ3) is 2.21. The Bertz CT molecular complexity index is 948. The molecule has 0 saturated carbocycles. The second kappa shape index (κ2) is 4.48. The van der Waals surface area contributed by atoms with E-state index in [-0.39, 0.29) is 11.0 Å².